The monoisotopic (exact) mass is 582 g/mol. The van der Waals surface area contributed by atoms with Crippen molar-refractivity contribution in [3.63, 3.8) is 0 Å². The van der Waals surface area contributed by atoms with Crippen molar-refractivity contribution < 1.29 is 19.2 Å². The molecule has 1 heterocycles. The molecule has 1 saturated heterocycles. The van der Waals surface area contributed by atoms with Gasteiger partial charge in [0, 0.05) is 80.0 Å². The van der Waals surface area contributed by atoms with Crippen LogP contribution in [0.2, 0.25) is 0 Å². The third-order valence-corrected chi connectivity index (χ3v) is 7.59. The number of likely N-dealkylation sites (N-methyl/N-ethyl adjacent to an activating group) is 3. The molecule has 0 aromatic heterocycles. The maximum atomic E-state index is 13.1. The summed E-state index contributed by atoms with van der Waals surface area (Å²) in [5, 5.41) is 13.4. The molecule has 1 aliphatic heterocycles. The van der Waals surface area contributed by atoms with Crippen molar-refractivity contribution in [3.8, 4) is 0 Å². The lowest BCUT2D eigenvalue weighted by Gasteiger charge is -2.33. The molecule has 0 radical (unpaired) electrons. The molecule has 230 valence electrons. The van der Waals surface area contributed by atoms with Gasteiger partial charge in [0.05, 0.1) is 26.2 Å². The Morgan fingerprint density at radius 3 is 1.36 bits per heavy atom. The summed E-state index contributed by atoms with van der Waals surface area (Å²) in [6, 6.07) is 14.2. The van der Waals surface area contributed by atoms with Crippen molar-refractivity contribution in [1.82, 2.24) is 40.9 Å². The first kappa shape index (κ1) is 32.9. The Labute approximate surface area is 248 Å². The number of carbonyl (C=O) groups is 4. The van der Waals surface area contributed by atoms with Crippen LogP contribution in [0, 0.1) is 0 Å². The lowest BCUT2D eigenvalue weighted by Crippen LogP contribution is -2.51. The summed E-state index contributed by atoms with van der Waals surface area (Å²) in [7, 11) is 4.84. The lowest BCUT2D eigenvalue weighted by molar-refractivity contribution is -0.124. The van der Waals surface area contributed by atoms with Crippen LogP contribution in [0.1, 0.15) is 5.56 Å². The second-order valence-corrected chi connectivity index (χ2v) is 10.5. The minimum atomic E-state index is -0.0870. The zero-order valence-electron chi connectivity index (χ0n) is 25.2. The maximum Gasteiger partial charge on any atom is 0.234 e. The van der Waals surface area contributed by atoms with Crippen LogP contribution in [0.3, 0.4) is 0 Å². The Morgan fingerprint density at radius 1 is 0.548 bits per heavy atom. The van der Waals surface area contributed by atoms with Crippen molar-refractivity contribution >= 4 is 34.4 Å². The van der Waals surface area contributed by atoms with E-state index in [-0.39, 0.29) is 49.8 Å². The lowest BCUT2D eigenvalue weighted by atomic mass is 10.0. The first-order valence-corrected chi connectivity index (χ1v) is 14.6. The van der Waals surface area contributed by atoms with E-state index in [2.05, 4.69) is 54.2 Å². The minimum absolute atomic E-state index is 0.0810. The van der Waals surface area contributed by atoms with E-state index in [0.29, 0.717) is 58.9 Å². The number of carbonyl (C=O) groups excluding carboxylic acids is 4. The normalized spacial score (nSPS) is 16.6. The minimum Gasteiger partial charge on any atom is -0.358 e. The molecule has 0 unspecified atom stereocenters. The summed E-state index contributed by atoms with van der Waals surface area (Å²) < 4.78 is 0. The van der Waals surface area contributed by atoms with Crippen molar-refractivity contribution in [2.45, 2.75) is 6.54 Å². The van der Waals surface area contributed by atoms with E-state index < -0.39 is 0 Å². The van der Waals surface area contributed by atoms with Gasteiger partial charge in [-0.15, -0.1) is 0 Å². The molecule has 4 N–H and O–H groups in total. The highest BCUT2D eigenvalue weighted by atomic mass is 16.2. The summed E-state index contributed by atoms with van der Waals surface area (Å²) >= 11 is 0. The molecule has 12 nitrogen and oxygen atoms in total. The van der Waals surface area contributed by atoms with E-state index in [4.69, 9.17) is 0 Å². The van der Waals surface area contributed by atoms with E-state index in [1.165, 1.54) is 0 Å². The summed E-state index contributed by atoms with van der Waals surface area (Å²) in [6.45, 7) is 5.97. The number of nitrogens with one attached hydrogen (secondary N) is 4. The summed E-state index contributed by atoms with van der Waals surface area (Å²) in [5.74, 6) is -0.340. The fourth-order valence-corrected chi connectivity index (χ4v) is 4.96. The maximum absolute atomic E-state index is 13.1. The van der Waals surface area contributed by atoms with Gasteiger partial charge in [0.1, 0.15) is 0 Å². The number of benzene rings is 2. The van der Waals surface area contributed by atoms with Crippen molar-refractivity contribution in [2.24, 2.45) is 0 Å². The quantitative estimate of drug-likeness (QED) is 0.279. The third kappa shape index (κ3) is 11.0. The average Bonchev–Trinajstić information content (AvgIpc) is 3.00. The van der Waals surface area contributed by atoms with Gasteiger partial charge in [0.25, 0.3) is 0 Å². The molecule has 2 aromatic carbocycles. The molecule has 0 spiro atoms. The third-order valence-electron chi connectivity index (χ3n) is 7.59. The Kier molecular flexibility index (Phi) is 13.6. The second-order valence-electron chi connectivity index (χ2n) is 10.5. The summed E-state index contributed by atoms with van der Waals surface area (Å²) in [5.41, 5.74) is 1.06. The molecule has 0 aliphatic carbocycles. The predicted molar refractivity (Wildman–Crippen MR) is 164 cm³/mol. The van der Waals surface area contributed by atoms with E-state index in [0.717, 1.165) is 16.3 Å². The van der Waals surface area contributed by atoms with E-state index >= 15 is 0 Å². The van der Waals surface area contributed by atoms with Gasteiger partial charge in [0.15, 0.2) is 0 Å². The molecule has 2 aromatic rings. The zero-order chi connectivity index (χ0) is 30.3. The second kappa shape index (κ2) is 17.4. The number of hydrogen-bond donors (Lipinski definition) is 4. The van der Waals surface area contributed by atoms with Gasteiger partial charge in [-0.2, -0.15) is 0 Å². The topological polar surface area (TPSA) is 129 Å². The predicted octanol–water partition coefficient (Wildman–Crippen LogP) is -1.08. The van der Waals surface area contributed by atoms with Crippen LogP contribution >= 0.6 is 0 Å². The van der Waals surface area contributed by atoms with Crippen molar-refractivity contribution in [1.29, 1.82) is 0 Å². The van der Waals surface area contributed by atoms with Crippen LogP contribution in [-0.2, 0) is 25.7 Å². The van der Waals surface area contributed by atoms with Crippen molar-refractivity contribution in [2.75, 3.05) is 99.7 Å². The number of fused-ring (bicyclic) bond motifs is 1. The highest BCUT2D eigenvalue weighted by Gasteiger charge is 2.21. The summed E-state index contributed by atoms with van der Waals surface area (Å²) in [4.78, 5) is 58.0. The smallest absolute Gasteiger partial charge is 0.234 e. The average molecular weight is 583 g/mol. The van der Waals surface area contributed by atoms with Gasteiger partial charge in [-0.3, -0.25) is 38.8 Å². The zero-order valence-corrected chi connectivity index (χ0v) is 25.2. The van der Waals surface area contributed by atoms with Crippen LogP contribution in [0.5, 0.6) is 0 Å². The molecule has 0 bridgehead atoms. The number of hydrogen-bond acceptors (Lipinski definition) is 8. The van der Waals surface area contributed by atoms with Crippen LogP contribution in [-0.4, -0.2) is 143 Å². The Bertz CT molecular complexity index is 1150. The number of rotatable bonds is 10. The number of nitrogens with zero attached hydrogens (tertiary/aromatic N) is 4. The fraction of sp³-hybridized carbons (Fsp3) is 0.533. The molecular weight excluding hydrogens is 536 g/mol. The van der Waals surface area contributed by atoms with E-state index in [1.807, 2.05) is 29.2 Å². The first-order chi connectivity index (χ1) is 20.3. The molecule has 12 heteroatoms. The van der Waals surface area contributed by atoms with Crippen molar-refractivity contribution in [3.05, 3.63) is 48.0 Å². The van der Waals surface area contributed by atoms with Gasteiger partial charge in [-0.25, -0.2) is 0 Å². The van der Waals surface area contributed by atoms with Crippen LogP contribution in [0.25, 0.3) is 10.8 Å². The highest BCUT2D eigenvalue weighted by molar-refractivity contribution is 5.86. The highest BCUT2D eigenvalue weighted by Crippen LogP contribution is 2.18. The Hall–Kier alpha value is -3.58. The molecular formula is C30H46N8O4. The molecule has 3 rings (SSSR count). The van der Waals surface area contributed by atoms with Crippen LogP contribution in [0.4, 0.5) is 0 Å². The largest absolute Gasteiger partial charge is 0.358 e. The van der Waals surface area contributed by atoms with E-state index in [1.54, 1.807) is 21.1 Å². The molecule has 1 aliphatic rings. The van der Waals surface area contributed by atoms with Crippen LogP contribution < -0.4 is 21.3 Å². The van der Waals surface area contributed by atoms with Gasteiger partial charge in [-0.05, 0) is 16.3 Å². The van der Waals surface area contributed by atoms with Gasteiger partial charge < -0.3 is 21.3 Å². The Morgan fingerprint density at radius 2 is 0.929 bits per heavy atom. The summed E-state index contributed by atoms with van der Waals surface area (Å²) in [6.07, 6.45) is 0. The van der Waals surface area contributed by atoms with Gasteiger partial charge in [-0.1, -0.05) is 42.5 Å². The molecule has 0 saturated carbocycles. The van der Waals surface area contributed by atoms with Crippen LogP contribution in [0.15, 0.2) is 42.5 Å². The van der Waals surface area contributed by atoms with Gasteiger partial charge >= 0.3 is 0 Å². The SMILES string of the molecule is CNC(=O)CN1CCN(CC(=O)NC)CCN(CC(=O)NCc2cccc3ccccc23)CCN(CC(=O)NC)CC1. The van der Waals surface area contributed by atoms with E-state index in [9.17, 15) is 19.2 Å². The molecule has 42 heavy (non-hydrogen) atoms. The van der Waals surface area contributed by atoms with Gasteiger partial charge in [0.2, 0.25) is 23.6 Å². The first-order valence-electron chi connectivity index (χ1n) is 14.6. The number of amides is 4. The standard InChI is InChI=1S/C30H46N8O4/c1-31-27(39)20-35-11-13-36(21-28(40)32-2)15-17-38(18-16-37(14-12-35)22-29(41)33-3)23-30(42)34-19-25-9-6-8-24-7-4-5-10-26(24)25/h4-10H,11-23H2,1-3H3,(H,31,39)(H,32,40)(H,33,41)(H,34,42). The Balaban J connectivity index is 1.70. The molecule has 1 fully saturated rings. The molecule has 4 amide bonds. The molecule has 0 atom stereocenters. The fourth-order valence-electron chi connectivity index (χ4n) is 4.96.